The molecule has 1 unspecified atom stereocenters. The summed E-state index contributed by atoms with van der Waals surface area (Å²) < 4.78 is 0. The van der Waals surface area contributed by atoms with Gasteiger partial charge in [-0.25, -0.2) is 9.97 Å². The second kappa shape index (κ2) is 22.3. The Bertz CT molecular complexity index is 2290. The van der Waals surface area contributed by atoms with Gasteiger partial charge < -0.3 is 30.6 Å². The van der Waals surface area contributed by atoms with Crippen molar-refractivity contribution < 1.29 is 5.11 Å². The number of nitrogens with zero attached hydrogens (tertiary/aromatic N) is 4. The molecule has 0 saturated carbocycles. The van der Waals surface area contributed by atoms with Gasteiger partial charge in [0.15, 0.2) is 0 Å². The molecule has 5 aromatic rings. The summed E-state index contributed by atoms with van der Waals surface area (Å²) in [5.74, 6) is 2.11. The Kier molecular flexibility index (Phi) is 17.6. The summed E-state index contributed by atoms with van der Waals surface area (Å²) in [4.78, 5) is 22.4. The number of aliphatic hydroxyl groups is 1. The van der Waals surface area contributed by atoms with Gasteiger partial charge in [0.2, 0.25) is 0 Å². The first-order valence-electron chi connectivity index (χ1n) is 21.9. The molecule has 3 aliphatic rings. The lowest BCUT2D eigenvalue weighted by atomic mass is 9.83. The van der Waals surface area contributed by atoms with Crippen LogP contribution in [0.3, 0.4) is 0 Å². The molecule has 0 radical (unpaired) electrons. The molecule has 0 spiro atoms. The molecule has 3 aromatic carbocycles. The zero-order valence-corrected chi connectivity index (χ0v) is 38.3. The molecule has 3 atom stereocenters. The highest BCUT2D eigenvalue weighted by molar-refractivity contribution is 6.06. The van der Waals surface area contributed by atoms with Gasteiger partial charge in [-0.1, -0.05) is 71.2 Å². The van der Waals surface area contributed by atoms with Crippen molar-refractivity contribution in [1.29, 1.82) is 0 Å². The summed E-state index contributed by atoms with van der Waals surface area (Å²) in [6.07, 6.45) is 20.7. The molecule has 1 aliphatic carbocycles. The Balaban J connectivity index is 0.000000478. The highest BCUT2D eigenvalue weighted by atomic mass is 16.2. The largest absolute Gasteiger partial charge is 0.400 e. The lowest BCUT2D eigenvalue weighted by Crippen LogP contribution is -2.36. The maximum atomic E-state index is 7.00. The van der Waals surface area contributed by atoms with E-state index in [4.69, 9.17) is 15.1 Å². The Morgan fingerprint density at radius 1 is 0.984 bits per heavy atom. The number of aryl methyl sites for hydroxylation is 2. The Labute approximate surface area is 366 Å². The van der Waals surface area contributed by atoms with Crippen LogP contribution in [0.5, 0.6) is 0 Å². The molecular weight excluding hydrogens is 753 g/mol. The second-order valence-corrected chi connectivity index (χ2v) is 16.5. The van der Waals surface area contributed by atoms with Gasteiger partial charge in [-0.3, -0.25) is 4.90 Å². The van der Waals surface area contributed by atoms with Crippen LogP contribution >= 0.6 is 0 Å². The number of fused-ring (bicyclic) bond motifs is 6. The molecule has 0 amide bonds. The summed E-state index contributed by atoms with van der Waals surface area (Å²) in [6, 6.07) is 16.8. The first-order chi connectivity index (χ1) is 29.4. The maximum Gasteiger partial charge on any atom is 0.129 e. The Morgan fingerprint density at radius 2 is 1.69 bits per heavy atom. The van der Waals surface area contributed by atoms with Crippen LogP contribution in [0.15, 0.2) is 98.1 Å². The minimum Gasteiger partial charge on any atom is -0.400 e. The smallest absolute Gasteiger partial charge is 0.129 e. The predicted molar refractivity (Wildman–Crippen MR) is 260 cm³/mol. The fraction of sp³-hybridized carbons (Fsp3) is 0.423. The number of terminal acetylenes is 1. The number of imidazole rings is 2. The molecule has 326 valence electrons. The minimum absolute atomic E-state index is 0.0305. The van der Waals surface area contributed by atoms with Crippen molar-refractivity contribution in [3.63, 3.8) is 0 Å². The van der Waals surface area contributed by atoms with Crippen LogP contribution in [0.4, 0.5) is 0 Å². The van der Waals surface area contributed by atoms with Crippen molar-refractivity contribution in [2.45, 2.75) is 111 Å². The van der Waals surface area contributed by atoms with Gasteiger partial charge in [0.1, 0.15) is 11.6 Å². The van der Waals surface area contributed by atoms with E-state index >= 15 is 0 Å². The number of hydrogen-bond acceptors (Lipinski definition) is 7. The third-order valence-electron chi connectivity index (χ3n) is 12.0. The number of benzene rings is 3. The van der Waals surface area contributed by atoms with Gasteiger partial charge in [0, 0.05) is 42.2 Å². The molecule has 61 heavy (non-hydrogen) atoms. The lowest BCUT2D eigenvalue weighted by Gasteiger charge is -2.31. The molecule has 2 fully saturated rings. The second-order valence-electron chi connectivity index (χ2n) is 16.5. The summed E-state index contributed by atoms with van der Waals surface area (Å²) in [5, 5.41) is 15.9. The Hall–Kier alpha value is -5.56. The van der Waals surface area contributed by atoms with Gasteiger partial charge in [-0.15, -0.1) is 19.4 Å². The van der Waals surface area contributed by atoms with E-state index in [1.807, 2.05) is 19.2 Å². The number of likely N-dealkylation sites (tertiary alicyclic amines) is 2. The fourth-order valence-corrected chi connectivity index (χ4v) is 8.62. The molecule has 2 aliphatic heterocycles. The number of nitrogens with one attached hydrogen (secondary N) is 4. The third kappa shape index (κ3) is 10.9. The highest BCUT2D eigenvalue weighted by Gasteiger charge is 2.38. The molecule has 4 heterocycles. The monoisotopic (exact) mass is 825 g/mol. The molecule has 0 bridgehead atoms. The van der Waals surface area contributed by atoms with Crippen LogP contribution in [-0.4, -0.2) is 74.7 Å². The number of aromatic amines is 2. The van der Waals surface area contributed by atoms with Crippen molar-refractivity contribution >= 4 is 21.8 Å². The van der Waals surface area contributed by atoms with E-state index < -0.39 is 0 Å². The normalized spacial score (nSPS) is 18.7. The van der Waals surface area contributed by atoms with Crippen LogP contribution in [0.25, 0.3) is 44.2 Å². The van der Waals surface area contributed by atoms with Crippen molar-refractivity contribution in [2.24, 2.45) is 0 Å². The van der Waals surface area contributed by atoms with Crippen molar-refractivity contribution in [2.75, 3.05) is 33.8 Å². The number of aromatic nitrogens is 4. The first kappa shape index (κ1) is 48.1. The van der Waals surface area contributed by atoms with Gasteiger partial charge >= 0.3 is 0 Å². The first-order valence-corrected chi connectivity index (χ1v) is 21.9. The summed E-state index contributed by atoms with van der Waals surface area (Å²) in [6.45, 7) is 31.2. The number of H-pyrrole nitrogens is 2. The van der Waals surface area contributed by atoms with E-state index in [1.165, 1.54) is 51.4 Å². The maximum absolute atomic E-state index is 7.00. The molecule has 5 N–H and O–H groups in total. The van der Waals surface area contributed by atoms with Crippen LogP contribution < -0.4 is 10.6 Å². The van der Waals surface area contributed by atoms with Crippen LogP contribution in [-0.2, 0) is 18.4 Å². The number of hydrogen-bond donors (Lipinski definition) is 5. The molecular formula is C52H72N8O. The quantitative estimate of drug-likeness (QED) is 0.0667. The zero-order valence-electron chi connectivity index (χ0n) is 38.3. The fourth-order valence-electron chi connectivity index (χ4n) is 8.62. The molecule has 2 aromatic heterocycles. The number of rotatable bonds is 11. The van der Waals surface area contributed by atoms with Crippen LogP contribution in [0, 0.1) is 12.8 Å². The van der Waals surface area contributed by atoms with Crippen LogP contribution in [0.1, 0.15) is 109 Å². The average molecular weight is 825 g/mol. The van der Waals surface area contributed by atoms with Gasteiger partial charge in [0.25, 0.3) is 0 Å². The summed E-state index contributed by atoms with van der Waals surface area (Å²) in [7, 11) is 3.22. The molecule has 8 rings (SSSR count). The summed E-state index contributed by atoms with van der Waals surface area (Å²) >= 11 is 0. The van der Waals surface area contributed by atoms with Gasteiger partial charge in [-0.2, -0.15) is 0 Å². The third-order valence-corrected chi connectivity index (χ3v) is 12.0. The Morgan fingerprint density at radius 3 is 2.33 bits per heavy atom. The summed E-state index contributed by atoms with van der Waals surface area (Å²) in [5.41, 5.74) is 13.1. The van der Waals surface area contributed by atoms with Crippen molar-refractivity contribution in [3.8, 4) is 35.2 Å². The van der Waals surface area contributed by atoms with Crippen molar-refractivity contribution in [1.82, 2.24) is 40.4 Å². The van der Waals surface area contributed by atoms with E-state index in [-0.39, 0.29) is 11.6 Å². The van der Waals surface area contributed by atoms with Gasteiger partial charge in [0.05, 0.1) is 41.0 Å². The number of aliphatic hydroxyl groups excluding tert-OH is 1. The van der Waals surface area contributed by atoms with E-state index in [0.29, 0.717) is 12.6 Å². The predicted octanol–water partition coefficient (Wildman–Crippen LogP) is 10.9. The minimum atomic E-state index is -0.0305. The highest BCUT2D eigenvalue weighted by Crippen LogP contribution is 2.42. The topological polar surface area (TPSA) is 108 Å². The van der Waals surface area contributed by atoms with E-state index in [1.54, 1.807) is 0 Å². The molecule has 9 nitrogen and oxygen atoms in total. The zero-order chi connectivity index (χ0) is 44.9. The van der Waals surface area contributed by atoms with Crippen molar-refractivity contribution in [3.05, 3.63) is 121 Å². The molecule has 2 saturated heterocycles. The van der Waals surface area contributed by atoms with E-state index in [0.717, 1.165) is 104 Å². The van der Waals surface area contributed by atoms with Gasteiger partial charge in [-0.05, 0) is 137 Å². The SMILES string of the molecule is C#C.C=C(C)NCC(=C)N1C(c2ncc(-c3ccc4c(c3)CCc3cc5c(ccc6[nH]c([C@]7(C)CCCN7C)nc65)cc3-4)[nH]2)CC[C@@H]1C.C=CCNC(=C)CC.CCC.CO. The molecule has 9 heteroatoms. The average Bonchev–Trinajstić information content (AvgIpc) is 4.10. The number of allylic oxidation sites excluding steroid dienone is 2. The lowest BCUT2D eigenvalue weighted by molar-refractivity contribution is 0.187. The van der Waals surface area contributed by atoms with Crippen LogP contribution in [0.2, 0.25) is 0 Å². The van der Waals surface area contributed by atoms with E-state index in [2.05, 4.69) is 154 Å². The van der Waals surface area contributed by atoms with E-state index in [9.17, 15) is 0 Å². The standard InChI is InChI=1S/C39H45N7.C7H13N.C3H8.C2H2.CH4O/c1-23(2)40-21-25(4)46-24(3)8-15-35(46)37-41-22-34(42-37)29-11-13-30-26(18-29)9-10-27-20-32-28(19-31(27)30)12-14-33-36(32)44-38(43-33)39(5)16-7-17-45(39)6;1-4-6-8-7(3)5-2;1-3-2;2*1-2/h11-14,18-20,22,24,35,40H,1,4,7-10,15-17,21H2,2-3,5-6H3,(H,41,42)(H,43,44);4,8H,1,3,5-6H2,2H3;3H2,1-2H3;1-2H;2H,1H3/t24-,35?,39-;;;;/m0..../s1.